The fraction of sp³-hybridized carbons (Fsp3) is 0.600. The lowest BCUT2D eigenvalue weighted by atomic mass is 10.5. The Labute approximate surface area is 43.5 Å². The standard InChI is InChI=1S/C5H8N2/c1-7-4-2-6-3-5-7/h6H,2,4H2,1H3. The molecule has 0 amide bonds. The average Bonchev–Trinajstić information content (AvgIpc) is 1.69. The minimum absolute atomic E-state index is 0.990. The molecule has 0 atom stereocenters. The van der Waals surface area contributed by atoms with Crippen molar-refractivity contribution in [3.63, 3.8) is 0 Å². The van der Waals surface area contributed by atoms with Crippen molar-refractivity contribution in [2.24, 2.45) is 0 Å². The highest BCUT2D eigenvalue weighted by atomic mass is 15.1. The summed E-state index contributed by atoms with van der Waals surface area (Å²) in [5, 5.41) is 2.91. The van der Waals surface area contributed by atoms with E-state index in [-0.39, 0.29) is 0 Å². The van der Waals surface area contributed by atoms with Crippen molar-refractivity contribution in [2.45, 2.75) is 0 Å². The summed E-state index contributed by atoms with van der Waals surface area (Å²) in [6, 6.07) is 5.61. The quantitative estimate of drug-likeness (QED) is 0.407. The number of rotatable bonds is 0. The minimum Gasteiger partial charge on any atom is -0.343 e. The van der Waals surface area contributed by atoms with Gasteiger partial charge in [0, 0.05) is 32.2 Å². The lowest BCUT2D eigenvalue weighted by molar-refractivity contribution is 0.466. The molecule has 7 heavy (non-hydrogen) atoms. The largest absolute Gasteiger partial charge is 0.343 e. The summed E-state index contributed by atoms with van der Waals surface area (Å²) in [7, 11) is 1.98. The molecule has 2 heteroatoms. The maximum atomic E-state index is 2.91. The van der Waals surface area contributed by atoms with E-state index in [1.165, 1.54) is 0 Å². The van der Waals surface area contributed by atoms with Crippen LogP contribution < -0.4 is 5.32 Å². The molecule has 1 rings (SSSR count). The second-order valence-corrected chi connectivity index (χ2v) is 1.59. The monoisotopic (exact) mass is 96.1 g/mol. The van der Waals surface area contributed by atoms with Crippen LogP contribution in [-0.4, -0.2) is 25.0 Å². The van der Waals surface area contributed by atoms with Gasteiger partial charge in [-0.3, -0.25) is 0 Å². The fourth-order valence-electron chi connectivity index (χ4n) is 0.477. The van der Waals surface area contributed by atoms with E-state index < -0.39 is 0 Å². The summed E-state index contributed by atoms with van der Waals surface area (Å²) in [5.74, 6) is 0. The second kappa shape index (κ2) is 1.74. The Hall–Kier alpha value is -0.840. The van der Waals surface area contributed by atoms with Gasteiger partial charge in [-0.2, -0.15) is 0 Å². The Morgan fingerprint density at radius 3 is 2.86 bits per heavy atom. The summed E-state index contributed by atoms with van der Waals surface area (Å²) in [6.45, 7) is 2.02. The summed E-state index contributed by atoms with van der Waals surface area (Å²) in [5.41, 5.74) is 0. The highest BCUT2D eigenvalue weighted by Crippen LogP contribution is 1.77. The van der Waals surface area contributed by atoms with E-state index in [9.17, 15) is 0 Å². The highest BCUT2D eigenvalue weighted by Gasteiger charge is 1.91. The smallest absolute Gasteiger partial charge is 0.0438 e. The van der Waals surface area contributed by atoms with Gasteiger partial charge in [0.15, 0.2) is 0 Å². The first-order valence-electron chi connectivity index (χ1n) is 2.34. The van der Waals surface area contributed by atoms with Crippen molar-refractivity contribution in [1.29, 1.82) is 0 Å². The zero-order chi connectivity index (χ0) is 5.11. The van der Waals surface area contributed by atoms with E-state index in [0.29, 0.717) is 0 Å². The molecule has 1 aliphatic rings. The zero-order valence-corrected chi connectivity index (χ0v) is 4.36. The lowest BCUT2D eigenvalue weighted by Crippen LogP contribution is -2.28. The molecule has 0 spiro atoms. The molecule has 0 fully saturated rings. The van der Waals surface area contributed by atoms with Crippen LogP contribution in [0, 0.1) is 12.1 Å². The van der Waals surface area contributed by atoms with E-state index in [2.05, 4.69) is 17.4 Å². The lowest BCUT2D eigenvalue weighted by Gasteiger charge is -2.12. The van der Waals surface area contributed by atoms with Gasteiger partial charge in [0.05, 0.1) is 0 Å². The van der Waals surface area contributed by atoms with Crippen molar-refractivity contribution >= 4 is 0 Å². The zero-order valence-electron chi connectivity index (χ0n) is 4.36. The van der Waals surface area contributed by atoms with Gasteiger partial charge in [-0.15, -0.1) is 0 Å². The van der Waals surface area contributed by atoms with Crippen LogP contribution in [0.15, 0.2) is 0 Å². The van der Waals surface area contributed by atoms with E-state index in [0.717, 1.165) is 13.1 Å². The van der Waals surface area contributed by atoms with E-state index in [4.69, 9.17) is 0 Å². The SMILES string of the molecule is CN1C#CNCC1. The first-order valence-corrected chi connectivity index (χ1v) is 2.34. The molecule has 0 radical (unpaired) electrons. The molecule has 0 aromatic heterocycles. The molecule has 0 saturated heterocycles. The molecular formula is C5H8N2. The molecule has 0 saturated carbocycles. The third-order valence-corrected chi connectivity index (χ3v) is 0.907. The van der Waals surface area contributed by atoms with Crippen LogP contribution in [-0.2, 0) is 0 Å². The van der Waals surface area contributed by atoms with Gasteiger partial charge in [-0.1, -0.05) is 0 Å². The third-order valence-electron chi connectivity index (χ3n) is 0.907. The number of likely N-dealkylation sites (N-methyl/N-ethyl adjacent to an activating group) is 1. The molecule has 0 unspecified atom stereocenters. The maximum Gasteiger partial charge on any atom is 0.0438 e. The van der Waals surface area contributed by atoms with Gasteiger partial charge in [0.25, 0.3) is 0 Å². The molecule has 1 N–H and O–H groups in total. The third kappa shape index (κ3) is 1.01. The average molecular weight is 96.1 g/mol. The Morgan fingerprint density at radius 1 is 1.71 bits per heavy atom. The molecule has 2 nitrogen and oxygen atoms in total. The van der Waals surface area contributed by atoms with E-state index in [1.54, 1.807) is 0 Å². The van der Waals surface area contributed by atoms with Gasteiger partial charge in [0.2, 0.25) is 0 Å². The van der Waals surface area contributed by atoms with E-state index >= 15 is 0 Å². The molecule has 1 aliphatic heterocycles. The molecular weight excluding hydrogens is 88.1 g/mol. The Bertz CT molecular complexity index is 109. The summed E-state index contributed by atoms with van der Waals surface area (Å²) in [4.78, 5) is 1.97. The highest BCUT2D eigenvalue weighted by molar-refractivity contribution is 4.98. The van der Waals surface area contributed by atoms with Crippen molar-refractivity contribution < 1.29 is 0 Å². The van der Waals surface area contributed by atoms with E-state index in [1.807, 2.05) is 11.9 Å². The molecule has 0 bridgehead atoms. The Balaban J connectivity index is 2.45. The summed E-state index contributed by atoms with van der Waals surface area (Å²) < 4.78 is 0. The number of nitrogens with one attached hydrogen (secondary N) is 1. The van der Waals surface area contributed by atoms with Crippen LogP contribution in [0.4, 0.5) is 0 Å². The van der Waals surface area contributed by atoms with Crippen LogP contribution in [0.25, 0.3) is 0 Å². The van der Waals surface area contributed by atoms with Crippen molar-refractivity contribution in [2.75, 3.05) is 20.1 Å². The van der Waals surface area contributed by atoms with Crippen molar-refractivity contribution in [1.82, 2.24) is 10.2 Å². The molecule has 38 valence electrons. The fourth-order valence-corrected chi connectivity index (χ4v) is 0.477. The predicted molar refractivity (Wildman–Crippen MR) is 28.4 cm³/mol. The van der Waals surface area contributed by atoms with Crippen LogP contribution in [0.1, 0.15) is 0 Å². The van der Waals surface area contributed by atoms with Gasteiger partial charge >= 0.3 is 0 Å². The second-order valence-electron chi connectivity index (χ2n) is 1.59. The maximum absolute atomic E-state index is 2.91. The molecule has 1 heterocycles. The number of hydrogen-bond acceptors (Lipinski definition) is 2. The van der Waals surface area contributed by atoms with Gasteiger partial charge in [-0.25, -0.2) is 0 Å². The first-order chi connectivity index (χ1) is 3.39. The van der Waals surface area contributed by atoms with Crippen LogP contribution in [0.2, 0.25) is 0 Å². The summed E-state index contributed by atoms with van der Waals surface area (Å²) in [6.07, 6.45) is 0. The van der Waals surface area contributed by atoms with Gasteiger partial charge < -0.3 is 10.2 Å². The van der Waals surface area contributed by atoms with Gasteiger partial charge in [-0.05, 0) is 0 Å². The van der Waals surface area contributed by atoms with Crippen LogP contribution >= 0.6 is 0 Å². The topological polar surface area (TPSA) is 15.3 Å². The molecule has 0 aliphatic carbocycles. The van der Waals surface area contributed by atoms with Crippen LogP contribution in [0.5, 0.6) is 0 Å². The Kier molecular flexibility index (Phi) is 1.08. The number of hydrogen-bond donors (Lipinski definition) is 1. The molecule has 0 aromatic rings. The first kappa shape index (κ1) is 4.32. The predicted octanol–water partition coefficient (Wildman–Crippen LogP) is -0.560. The molecule has 0 aromatic carbocycles. The van der Waals surface area contributed by atoms with Crippen LogP contribution in [0.3, 0.4) is 0 Å². The Morgan fingerprint density at radius 2 is 2.57 bits per heavy atom. The summed E-state index contributed by atoms with van der Waals surface area (Å²) >= 11 is 0. The van der Waals surface area contributed by atoms with Crippen molar-refractivity contribution in [3.05, 3.63) is 0 Å². The number of nitrogens with zero attached hydrogens (tertiary/aromatic N) is 1. The van der Waals surface area contributed by atoms with Gasteiger partial charge in [0.1, 0.15) is 0 Å². The minimum atomic E-state index is 0.990. The van der Waals surface area contributed by atoms with Crippen molar-refractivity contribution in [3.8, 4) is 12.1 Å². The normalized spacial score (nSPS) is 17.0.